The number of aryl methyl sites for hydroxylation is 1. The summed E-state index contributed by atoms with van der Waals surface area (Å²) in [6, 6.07) is 8.71. The van der Waals surface area contributed by atoms with Gasteiger partial charge in [-0.2, -0.15) is 0 Å². The van der Waals surface area contributed by atoms with E-state index in [0.717, 1.165) is 51.5 Å². The molecular weight excluding hydrogens is 306 g/mol. The Kier molecular flexibility index (Phi) is 5.35. The van der Waals surface area contributed by atoms with Crippen molar-refractivity contribution in [2.75, 3.05) is 33.2 Å². The number of benzene rings is 1. The van der Waals surface area contributed by atoms with Crippen LogP contribution in [0.2, 0.25) is 0 Å². The van der Waals surface area contributed by atoms with Gasteiger partial charge in [0.2, 0.25) is 0 Å². The summed E-state index contributed by atoms with van der Waals surface area (Å²) >= 11 is 4.49. The lowest BCUT2D eigenvalue weighted by Crippen LogP contribution is -2.44. The number of hydrogen-bond acceptors (Lipinski definition) is 5. The predicted molar refractivity (Wildman–Crippen MR) is 95.0 cm³/mol. The lowest BCUT2D eigenvalue weighted by Gasteiger charge is -2.31. The van der Waals surface area contributed by atoms with E-state index in [1.54, 1.807) is 0 Å². The molecule has 0 saturated carbocycles. The minimum absolute atomic E-state index is 0.691. The third kappa shape index (κ3) is 4.13. The van der Waals surface area contributed by atoms with E-state index in [2.05, 4.69) is 75.4 Å². The number of hydrogen-bond donors (Lipinski definition) is 1. The average Bonchev–Trinajstić information content (AvgIpc) is 2.90. The first-order valence-corrected chi connectivity index (χ1v) is 8.70. The lowest BCUT2D eigenvalue weighted by atomic mass is 10.1. The molecule has 0 amide bonds. The summed E-state index contributed by atoms with van der Waals surface area (Å²) in [5, 5.41) is 9.22. The predicted octanol–water partition coefficient (Wildman–Crippen LogP) is 1.92. The smallest absolute Gasteiger partial charge is 0.188 e. The van der Waals surface area contributed by atoms with Crippen LogP contribution >= 0.6 is 12.6 Å². The third-order valence-electron chi connectivity index (χ3n) is 4.51. The van der Waals surface area contributed by atoms with Crippen LogP contribution in [0.25, 0.3) is 0 Å². The van der Waals surface area contributed by atoms with Crippen molar-refractivity contribution in [1.29, 1.82) is 0 Å². The number of aromatic nitrogens is 3. The number of thiol groups is 1. The molecule has 124 valence electrons. The van der Waals surface area contributed by atoms with Gasteiger partial charge >= 0.3 is 0 Å². The molecular formula is C17H25N5S. The summed E-state index contributed by atoms with van der Waals surface area (Å²) in [6.07, 6.45) is 1.05. The van der Waals surface area contributed by atoms with E-state index < -0.39 is 0 Å². The largest absolute Gasteiger partial charge is 0.304 e. The molecule has 6 heteroatoms. The van der Waals surface area contributed by atoms with Gasteiger partial charge in [0.25, 0.3) is 0 Å². The van der Waals surface area contributed by atoms with Crippen molar-refractivity contribution >= 4 is 12.6 Å². The quantitative estimate of drug-likeness (QED) is 0.850. The first-order valence-electron chi connectivity index (χ1n) is 8.25. The zero-order chi connectivity index (χ0) is 16.2. The molecule has 2 heterocycles. The van der Waals surface area contributed by atoms with Crippen molar-refractivity contribution in [2.45, 2.75) is 31.6 Å². The zero-order valence-electron chi connectivity index (χ0n) is 13.9. The highest BCUT2D eigenvalue weighted by Crippen LogP contribution is 2.15. The van der Waals surface area contributed by atoms with Gasteiger partial charge in [0.05, 0.1) is 13.1 Å². The summed E-state index contributed by atoms with van der Waals surface area (Å²) < 4.78 is 2.12. The Morgan fingerprint density at radius 2 is 1.78 bits per heavy atom. The van der Waals surface area contributed by atoms with Crippen LogP contribution in [-0.2, 0) is 19.5 Å². The van der Waals surface area contributed by atoms with E-state index in [1.807, 2.05) is 0 Å². The van der Waals surface area contributed by atoms with Crippen LogP contribution < -0.4 is 0 Å². The summed E-state index contributed by atoms with van der Waals surface area (Å²) in [7, 11) is 2.17. The van der Waals surface area contributed by atoms with Gasteiger partial charge in [0.15, 0.2) is 5.16 Å². The maximum atomic E-state index is 4.49. The van der Waals surface area contributed by atoms with Gasteiger partial charge in [-0.25, -0.2) is 0 Å². The molecule has 1 aliphatic heterocycles. The molecule has 0 radical (unpaired) electrons. The normalized spacial score (nSPS) is 16.8. The second kappa shape index (κ2) is 7.47. The Balaban J connectivity index is 1.73. The van der Waals surface area contributed by atoms with Crippen molar-refractivity contribution < 1.29 is 0 Å². The molecule has 0 N–H and O–H groups in total. The van der Waals surface area contributed by atoms with Crippen LogP contribution in [0.5, 0.6) is 0 Å². The molecule has 0 aliphatic carbocycles. The Morgan fingerprint density at radius 3 is 2.52 bits per heavy atom. The Hall–Kier alpha value is -1.37. The summed E-state index contributed by atoms with van der Waals surface area (Å²) in [6.45, 7) is 8.19. The molecule has 2 aromatic rings. The summed E-state index contributed by atoms with van der Waals surface area (Å²) in [4.78, 5) is 4.80. The number of piperazine rings is 1. The Labute approximate surface area is 143 Å². The number of likely N-dealkylation sites (N-methyl/N-ethyl adjacent to an activating group) is 1. The first kappa shape index (κ1) is 16.5. The van der Waals surface area contributed by atoms with E-state index in [-0.39, 0.29) is 0 Å². The van der Waals surface area contributed by atoms with Gasteiger partial charge in [-0.05, 0) is 24.6 Å². The minimum atomic E-state index is 0.691. The second-order valence-corrected chi connectivity index (χ2v) is 6.66. The maximum absolute atomic E-state index is 4.49. The molecule has 0 spiro atoms. The fraction of sp³-hybridized carbons (Fsp3) is 0.529. The fourth-order valence-electron chi connectivity index (χ4n) is 2.94. The average molecular weight is 331 g/mol. The third-order valence-corrected chi connectivity index (χ3v) is 4.84. The highest BCUT2D eigenvalue weighted by Gasteiger charge is 2.18. The van der Waals surface area contributed by atoms with E-state index in [9.17, 15) is 0 Å². The van der Waals surface area contributed by atoms with Crippen molar-refractivity contribution in [1.82, 2.24) is 24.6 Å². The molecule has 0 unspecified atom stereocenters. The van der Waals surface area contributed by atoms with E-state index in [4.69, 9.17) is 0 Å². The van der Waals surface area contributed by atoms with Gasteiger partial charge in [-0.3, -0.25) is 4.90 Å². The fourth-order valence-corrected chi connectivity index (χ4v) is 3.17. The van der Waals surface area contributed by atoms with E-state index in [0.29, 0.717) is 5.16 Å². The monoisotopic (exact) mass is 331 g/mol. The lowest BCUT2D eigenvalue weighted by molar-refractivity contribution is 0.144. The SMILES string of the molecule is CCc1cccc(Cn2c(S)nnc2CN2CCN(C)CC2)c1. The first-order chi connectivity index (χ1) is 11.2. The van der Waals surface area contributed by atoms with Gasteiger partial charge in [-0.1, -0.05) is 31.2 Å². The van der Waals surface area contributed by atoms with Crippen LogP contribution in [0.3, 0.4) is 0 Å². The van der Waals surface area contributed by atoms with Crippen molar-refractivity contribution in [3.63, 3.8) is 0 Å². The standard InChI is InChI=1S/C17H25N5S/c1-3-14-5-4-6-15(11-14)12-22-16(18-19-17(22)23)13-21-9-7-20(2)8-10-21/h4-6,11H,3,7-10,12-13H2,1-2H3,(H,19,23). The van der Waals surface area contributed by atoms with Gasteiger partial charge in [0.1, 0.15) is 5.82 Å². The summed E-state index contributed by atoms with van der Waals surface area (Å²) in [5.41, 5.74) is 2.64. The van der Waals surface area contributed by atoms with Crippen LogP contribution in [0.4, 0.5) is 0 Å². The van der Waals surface area contributed by atoms with Crippen LogP contribution in [0, 0.1) is 0 Å². The van der Waals surface area contributed by atoms with Gasteiger partial charge in [0, 0.05) is 26.2 Å². The van der Waals surface area contributed by atoms with Gasteiger partial charge < -0.3 is 9.47 Å². The van der Waals surface area contributed by atoms with Crippen molar-refractivity contribution in [3.05, 3.63) is 41.2 Å². The van der Waals surface area contributed by atoms with Crippen LogP contribution in [0.15, 0.2) is 29.4 Å². The number of nitrogens with zero attached hydrogens (tertiary/aromatic N) is 5. The summed E-state index contributed by atoms with van der Waals surface area (Å²) in [5.74, 6) is 1.00. The molecule has 0 bridgehead atoms. The molecule has 1 aliphatic rings. The molecule has 1 aromatic carbocycles. The second-order valence-electron chi connectivity index (χ2n) is 6.26. The number of rotatable bonds is 5. The molecule has 3 rings (SSSR count). The van der Waals surface area contributed by atoms with Crippen molar-refractivity contribution in [3.8, 4) is 0 Å². The maximum Gasteiger partial charge on any atom is 0.188 e. The van der Waals surface area contributed by atoms with E-state index in [1.165, 1.54) is 11.1 Å². The molecule has 23 heavy (non-hydrogen) atoms. The van der Waals surface area contributed by atoms with E-state index >= 15 is 0 Å². The topological polar surface area (TPSA) is 37.2 Å². The molecule has 0 atom stereocenters. The van der Waals surface area contributed by atoms with Crippen molar-refractivity contribution in [2.24, 2.45) is 0 Å². The minimum Gasteiger partial charge on any atom is -0.304 e. The van der Waals surface area contributed by atoms with Crippen LogP contribution in [0.1, 0.15) is 23.9 Å². The van der Waals surface area contributed by atoms with Gasteiger partial charge in [-0.15, -0.1) is 22.8 Å². The molecule has 1 saturated heterocycles. The Morgan fingerprint density at radius 1 is 1.04 bits per heavy atom. The highest BCUT2D eigenvalue weighted by atomic mass is 32.1. The molecule has 1 fully saturated rings. The van der Waals surface area contributed by atoms with Crippen LogP contribution in [-0.4, -0.2) is 57.8 Å². The molecule has 1 aromatic heterocycles. The molecule has 5 nitrogen and oxygen atoms in total. The zero-order valence-corrected chi connectivity index (χ0v) is 14.8. The highest BCUT2D eigenvalue weighted by molar-refractivity contribution is 7.80. The Bertz CT molecular complexity index is 646.